The number of hydrogen-bond donors (Lipinski definition) is 1. The van der Waals surface area contributed by atoms with Crippen LogP contribution >= 0.6 is 0 Å². The summed E-state index contributed by atoms with van der Waals surface area (Å²) in [5, 5.41) is 8.96. The maximum atomic E-state index is 11.9. The van der Waals surface area contributed by atoms with Crippen LogP contribution in [0.15, 0.2) is 30.9 Å². The number of ether oxygens (including phenoxy) is 1. The summed E-state index contributed by atoms with van der Waals surface area (Å²) in [7, 11) is 0. The van der Waals surface area contributed by atoms with Gasteiger partial charge in [0, 0.05) is 6.04 Å². The van der Waals surface area contributed by atoms with Crippen LogP contribution in [0.5, 0.6) is 0 Å². The molecular weight excluding hydrogens is 246 g/mol. The van der Waals surface area contributed by atoms with Gasteiger partial charge in [-0.05, 0) is 37.1 Å². The topological polar surface area (TPSA) is 66.8 Å². The molecule has 1 heterocycles. The third-order valence-corrected chi connectivity index (χ3v) is 3.06. The minimum absolute atomic E-state index is 0.0450. The lowest BCUT2D eigenvalue weighted by molar-refractivity contribution is 0.0696. The van der Waals surface area contributed by atoms with Crippen molar-refractivity contribution in [3.05, 3.63) is 42.0 Å². The van der Waals surface area contributed by atoms with Crippen LogP contribution in [-0.2, 0) is 11.2 Å². The largest absolute Gasteiger partial charge is 0.478 e. The summed E-state index contributed by atoms with van der Waals surface area (Å²) in [5.41, 5.74) is 1.79. The number of aromatic carboxylic acids is 1. The van der Waals surface area contributed by atoms with Gasteiger partial charge >= 0.3 is 12.1 Å². The van der Waals surface area contributed by atoms with Gasteiger partial charge in [0.2, 0.25) is 0 Å². The third-order valence-electron chi connectivity index (χ3n) is 3.06. The monoisotopic (exact) mass is 261 g/mol. The Bertz CT molecular complexity index is 538. The van der Waals surface area contributed by atoms with Gasteiger partial charge < -0.3 is 9.84 Å². The SMILES string of the molecule is C=CCOC(=O)N1c2ccc(C(=O)O)cc2C[C@@H]1C. The van der Waals surface area contributed by atoms with E-state index in [0.717, 1.165) is 5.56 Å². The Hall–Kier alpha value is -2.30. The van der Waals surface area contributed by atoms with E-state index in [9.17, 15) is 9.59 Å². The molecule has 0 bridgehead atoms. The summed E-state index contributed by atoms with van der Waals surface area (Å²) in [4.78, 5) is 24.4. The standard InChI is InChI=1S/C14H15NO4/c1-3-6-19-14(18)15-9(2)7-11-8-10(13(16)17)4-5-12(11)15/h3-5,8-9H,1,6-7H2,2H3,(H,16,17)/t9-/m0/s1. The van der Waals surface area contributed by atoms with E-state index in [4.69, 9.17) is 9.84 Å². The molecule has 0 aliphatic carbocycles. The molecule has 2 rings (SSSR count). The van der Waals surface area contributed by atoms with Crippen LogP contribution < -0.4 is 4.90 Å². The van der Waals surface area contributed by atoms with Gasteiger partial charge in [-0.15, -0.1) is 0 Å². The fourth-order valence-electron chi connectivity index (χ4n) is 2.24. The van der Waals surface area contributed by atoms with E-state index >= 15 is 0 Å². The van der Waals surface area contributed by atoms with Crippen molar-refractivity contribution in [3.8, 4) is 0 Å². The number of amides is 1. The van der Waals surface area contributed by atoms with Crippen LogP contribution in [0.1, 0.15) is 22.8 Å². The second-order valence-corrected chi connectivity index (χ2v) is 4.44. The first-order valence-electron chi connectivity index (χ1n) is 5.97. The Morgan fingerprint density at radius 2 is 2.32 bits per heavy atom. The smallest absolute Gasteiger partial charge is 0.414 e. The first kappa shape index (κ1) is 13.1. The number of benzene rings is 1. The highest BCUT2D eigenvalue weighted by molar-refractivity contribution is 5.94. The number of fused-ring (bicyclic) bond motifs is 1. The number of carboxylic acid groups (broad SMARTS) is 1. The Morgan fingerprint density at radius 3 is 2.95 bits per heavy atom. The van der Waals surface area contributed by atoms with Crippen molar-refractivity contribution >= 4 is 17.7 Å². The second-order valence-electron chi connectivity index (χ2n) is 4.44. The highest BCUT2D eigenvalue weighted by Crippen LogP contribution is 2.33. The average molecular weight is 261 g/mol. The zero-order chi connectivity index (χ0) is 14.0. The van der Waals surface area contributed by atoms with Crippen molar-refractivity contribution in [3.63, 3.8) is 0 Å². The predicted octanol–water partition coefficient (Wildman–Crippen LogP) is 2.46. The van der Waals surface area contributed by atoms with Gasteiger partial charge in [0.15, 0.2) is 0 Å². The summed E-state index contributed by atoms with van der Waals surface area (Å²) >= 11 is 0. The summed E-state index contributed by atoms with van der Waals surface area (Å²) in [5.74, 6) is -0.969. The molecule has 0 aromatic heterocycles. The van der Waals surface area contributed by atoms with Gasteiger partial charge in [-0.1, -0.05) is 12.7 Å². The van der Waals surface area contributed by atoms with E-state index < -0.39 is 12.1 Å². The lowest BCUT2D eigenvalue weighted by Crippen LogP contribution is -2.36. The number of hydrogen-bond acceptors (Lipinski definition) is 3. The molecule has 1 amide bonds. The molecule has 0 spiro atoms. The van der Waals surface area contributed by atoms with E-state index in [1.807, 2.05) is 6.92 Å². The molecule has 0 fully saturated rings. The van der Waals surface area contributed by atoms with E-state index in [1.165, 1.54) is 12.1 Å². The molecule has 1 N–H and O–H groups in total. The fourth-order valence-corrected chi connectivity index (χ4v) is 2.24. The van der Waals surface area contributed by atoms with Crippen LogP contribution in [0, 0.1) is 0 Å². The van der Waals surface area contributed by atoms with Gasteiger partial charge in [-0.3, -0.25) is 4.90 Å². The summed E-state index contributed by atoms with van der Waals surface area (Å²) in [6.45, 7) is 5.55. The molecule has 0 unspecified atom stereocenters. The van der Waals surface area contributed by atoms with Gasteiger partial charge in [0.05, 0.1) is 11.3 Å². The molecule has 1 aromatic carbocycles. The first-order valence-corrected chi connectivity index (χ1v) is 5.97. The Labute approximate surface area is 111 Å². The molecular formula is C14H15NO4. The van der Waals surface area contributed by atoms with Gasteiger partial charge in [-0.25, -0.2) is 9.59 Å². The molecule has 1 atom stereocenters. The molecule has 0 saturated carbocycles. The molecule has 0 radical (unpaired) electrons. The molecule has 0 saturated heterocycles. The zero-order valence-electron chi connectivity index (χ0n) is 10.6. The van der Waals surface area contributed by atoms with Crippen molar-refractivity contribution < 1.29 is 19.4 Å². The highest BCUT2D eigenvalue weighted by Gasteiger charge is 2.32. The minimum atomic E-state index is -0.969. The van der Waals surface area contributed by atoms with Crippen LogP contribution in [0.3, 0.4) is 0 Å². The van der Waals surface area contributed by atoms with Crippen molar-refractivity contribution in [2.45, 2.75) is 19.4 Å². The minimum Gasteiger partial charge on any atom is -0.478 e. The number of nitrogens with zero attached hydrogens (tertiary/aromatic N) is 1. The average Bonchev–Trinajstić information content (AvgIpc) is 2.70. The molecule has 1 aliphatic rings. The first-order chi connectivity index (χ1) is 9.04. The Kier molecular flexibility index (Phi) is 3.55. The summed E-state index contributed by atoms with van der Waals surface area (Å²) < 4.78 is 5.03. The third kappa shape index (κ3) is 2.45. The van der Waals surface area contributed by atoms with Crippen molar-refractivity contribution in [2.24, 2.45) is 0 Å². The fraction of sp³-hybridized carbons (Fsp3) is 0.286. The summed E-state index contributed by atoms with van der Waals surface area (Å²) in [6, 6.07) is 4.70. The number of carboxylic acids is 1. The molecule has 100 valence electrons. The molecule has 5 nitrogen and oxygen atoms in total. The van der Waals surface area contributed by atoms with Gasteiger partial charge in [0.25, 0.3) is 0 Å². The van der Waals surface area contributed by atoms with Crippen LogP contribution in [0.2, 0.25) is 0 Å². The van der Waals surface area contributed by atoms with E-state index in [2.05, 4.69) is 6.58 Å². The highest BCUT2D eigenvalue weighted by atomic mass is 16.6. The van der Waals surface area contributed by atoms with Crippen LogP contribution in [0.25, 0.3) is 0 Å². The van der Waals surface area contributed by atoms with E-state index in [1.54, 1.807) is 17.0 Å². The molecule has 19 heavy (non-hydrogen) atoms. The number of rotatable bonds is 3. The normalized spacial score (nSPS) is 16.9. The quantitative estimate of drug-likeness (QED) is 0.849. The maximum Gasteiger partial charge on any atom is 0.414 e. The van der Waals surface area contributed by atoms with Crippen LogP contribution in [-0.4, -0.2) is 29.8 Å². The van der Waals surface area contributed by atoms with Gasteiger partial charge in [0.1, 0.15) is 6.61 Å². The zero-order valence-corrected chi connectivity index (χ0v) is 10.6. The molecule has 5 heteroatoms. The summed E-state index contributed by atoms with van der Waals surface area (Å²) in [6.07, 6.45) is 1.70. The van der Waals surface area contributed by atoms with Gasteiger partial charge in [-0.2, -0.15) is 0 Å². The number of carbonyl (C=O) groups is 2. The predicted molar refractivity (Wildman–Crippen MR) is 70.6 cm³/mol. The Balaban J connectivity index is 2.29. The van der Waals surface area contributed by atoms with E-state index in [-0.39, 0.29) is 18.2 Å². The lowest BCUT2D eigenvalue weighted by atomic mass is 10.1. The lowest BCUT2D eigenvalue weighted by Gasteiger charge is -2.21. The maximum absolute atomic E-state index is 11.9. The number of anilines is 1. The van der Waals surface area contributed by atoms with E-state index in [0.29, 0.717) is 12.1 Å². The molecule has 1 aliphatic heterocycles. The Morgan fingerprint density at radius 1 is 1.58 bits per heavy atom. The number of carbonyl (C=O) groups excluding carboxylic acids is 1. The van der Waals surface area contributed by atoms with Crippen molar-refractivity contribution in [1.82, 2.24) is 0 Å². The van der Waals surface area contributed by atoms with Crippen molar-refractivity contribution in [1.29, 1.82) is 0 Å². The van der Waals surface area contributed by atoms with Crippen LogP contribution in [0.4, 0.5) is 10.5 Å². The second kappa shape index (κ2) is 5.14. The van der Waals surface area contributed by atoms with Crippen molar-refractivity contribution in [2.75, 3.05) is 11.5 Å². The molecule has 1 aromatic rings.